The number of rotatable bonds is 2. The van der Waals surface area contributed by atoms with Gasteiger partial charge in [-0.1, -0.05) is 11.6 Å². The lowest BCUT2D eigenvalue weighted by Gasteiger charge is -2.33. The van der Waals surface area contributed by atoms with Crippen molar-refractivity contribution in [1.29, 1.82) is 0 Å². The van der Waals surface area contributed by atoms with E-state index in [2.05, 4.69) is 9.97 Å². The summed E-state index contributed by atoms with van der Waals surface area (Å²) in [7, 11) is 0. The number of likely N-dealkylation sites (tertiary alicyclic amines) is 1. The molecule has 1 aromatic carbocycles. The maximum Gasteiger partial charge on any atom is 0.407 e. The highest BCUT2D eigenvalue weighted by Gasteiger charge is 2.34. The first-order valence-electron chi connectivity index (χ1n) is 9.32. The maximum atomic E-state index is 12.9. The number of aryl methyl sites for hydroxylation is 1. The van der Waals surface area contributed by atoms with Crippen LogP contribution in [0, 0.1) is 6.92 Å². The lowest BCUT2D eigenvalue weighted by atomic mass is 9.90. The van der Waals surface area contributed by atoms with Crippen LogP contribution in [-0.4, -0.2) is 50.0 Å². The molecule has 7 nitrogen and oxygen atoms in total. The normalized spacial score (nSPS) is 18.9. The van der Waals surface area contributed by atoms with Crippen LogP contribution >= 0.6 is 11.6 Å². The Morgan fingerprint density at radius 1 is 1.21 bits per heavy atom. The van der Waals surface area contributed by atoms with Crippen molar-refractivity contribution in [3.63, 3.8) is 0 Å². The predicted octanol–water partition coefficient (Wildman–Crippen LogP) is 3.45. The fourth-order valence-electron chi connectivity index (χ4n) is 4.18. The van der Waals surface area contributed by atoms with E-state index in [1.54, 1.807) is 11.0 Å². The topological polar surface area (TPSA) is 86.6 Å². The van der Waals surface area contributed by atoms with Gasteiger partial charge in [-0.2, -0.15) is 0 Å². The molecule has 146 valence electrons. The molecule has 1 saturated heterocycles. The summed E-state index contributed by atoms with van der Waals surface area (Å²) >= 11 is 6.34. The fourth-order valence-corrected chi connectivity index (χ4v) is 4.43. The first-order valence-corrected chi connectivity index (χ1v) is 9.70. The second-order valence-corrected chi connectivity index (χ2v) is 7.72. The molecule has 0 bridgehead atoms. The number of halogens is 1. The Hall–Kier alpha value is -2.67. The van der Waals surface area contributed by atoms with Crippen molar-refractivity contribution in [2.75, 3.05) is 13.1 Å². The monoisotopic (exact) mass is 400 g/mol. The highest BCUT2D eigenvalue weighted by atomic mass is 35.5. The quantitative estimate of drug-likeness (QED) is 0.834. The van der Waals surface area contributed by atoms with Gasteiger partial charge in [-0.15, -0.1) is 0 Å². The number of benzene rings is 1. The second-order valence-electron chi connectivity index (χ2n) is 7.29. The first-order chi connectivity index (χ1) is 13.4. The molecular formula is C20H21ClN4O3. The molecule has 2 aromatic rings. The smallest absolute Gasteiger partial charge is 0.407 e. The number of aromatic nitrogens is 2. The number of carboxylic acid groups (broad SMARTS) is 1. The first kappa shape index (κ1) is 18.7. The molecule has 8 heteroatoms. The van der Waals surface area contributed by atoms with E-state index in [1.807, 2.05) is 19.1 Å². The van der Waals surface area contributed by atoms with Gasteiger partial charge in [0.1, 0.15) is 12.0 Å². The van der Waals surface area contributed by atoms with Crippen LogP contribution in [0.15, 0.2) is 24.5 Å². The van der Waals surface area contributed by atoms with E-state index in [9.17, 15) is 14.7 Å². The van der Waals surface area contributed by atoms with E-state index in [0.29, 0.717) is 36.8 Å². The zero-order valence-electron chi connectivity index (χ0n) is 15.6. The molecule has 1 atom stereocenters. The average Bonchev–Trinajstić information content (AvgIpc) is 3.16. The van der Waals surface area contributed by atoms with Gasteiger partial charge in [0.15, 0.2) is 0 Å². The van der Waals surface area contributed by atoms with Gasteiger partial charge in [-0.3, -0.25) is 4.79 Å². The van der Waals surface area contributed by atoms with Gasteiger partial charge in [-0.05, 0) is 61.1 Å². The molecule has 0 radical (unpaired) electrons. The minimum Gasteiger partial charge on any atom is -0.465 e. The van der Waals surface area contributed by atoms with Crippen LogP contribution in [0.5, 0.6) is 0 Å². The molecule has 1 fully saturated rings. The van der Waals surface area contributed by atoms with Gasteiger partial charge in [0.2, 0.25) is 0 Å². The molecule has 2 aliphatic heterocycles. The average molecular weight is 401 g/mol. The van der Waals surface area contributed by atoms with Crippen molar-refractivity contribution in [1.82, 2.24) is 19.8 Å². The van der Waals surface area contributed by atoms with Crippen molar-refractivity contribution in [3.8, 4) is 0 Å². The Kier molecular flexibility index (Phi) is 4.93. The summed E-state index contributed by atoms with van der Waals surface area (Å²) < 4.78 is 0. The van der Waals surface area contributed by atoms with Crippen molar-refractivity contribution >= 4 is 23.6 Å². The molecule has 4 rings (SSSR count). The largest absolute Gasteiger partial charge is 0.465 e. The summed E-state index contributed by atoms with van der Waals surface area (Å²) in [5.41, 5.74) is 4.13. The van der Waals surface area contributed by atoms with Gasteiger partial charge < -0.3 is 14.9 Å². The van der Waals surface area contributed by atoms with E-state index in [4.69, 9.17) is 11.6 Å². The van der Waals surface area contributed by atoms with Crippen molar-refractivity contribution in [3.05, 3.63) is 57.6 Å². The van der Waals surface area contributed by atoms with E-state index in [-0.39, 0.29) is 11.9 Å². The van der Waals surface area contributed by atoms with Crippen molar-refractivity contribution < 1.29 is 14.7 Å². The predicted molar refractivity (Wildman–Crippen MR) is 103 cm³/mol. The zero-order valence-corrected chi connectivity index (χ0v) is 16.3. The SMILES string of the molecule is Cc1cc(C(=O)N2CCc3cc(Cl)cc([C@@H]4CCCN4C(=O)O)c3C2)ncn1. The second kappa shape index (κ2) is 7.39. The number of carbonyl (C=O) groups is 2. The molecule has 0 aliphatic carbocycles. The number of carbonyl (C=O) groups excluding carboxylic acids is 1. The lowest BCUT2D eigenvalue weighted by molar-refractivity contribution is 0.0726. The number of hydrogen-bond donors (Lipinski definition) is 1. The summed E-state index contributed by atoms with van der Waals surface area (Å²) in [6.45, 7) is 3.34. The molecule has 1 aromatic heterocycles. The summed E-state index contributed by atoms with van der Waals surface area (Å²) in [6.07, 6.45) is 2.74. The third-order valence-corrected chi connectivity index (χ3v) is 5.73. The number of amides is 2. The maximum absolute atomic E-state index is 12.9. The Labute approximate surface area is 168 Å². The highest BCUT2D eigenvalue weighted by Crippen LogP contribution is 2.38. The molecule has 0 spiro atoms. The Balaban J connectivity index is 1.68. The number of fused-ring (bicyclic) bond motifs is 1. The van der Waals surface area contributed by atoms with Gasteiger partial charge in [0, 0.05) is 30.4 Å². The molecule has 1 N–H and O–H groups in total. The molecule has 28 heavy (non-hydrogen) atoms. The summed E-state index contributed by atoms with van der Waals surface area (Å²) in [6, 6.07) is 5.25. The van der Waals surface area contributed by atoms with Crippen molar-refractivity contribution in [2.45, 2.75) is 38.8 Å². The lowest BCUT2D eigenvalue weighted by Crippen LogP contribution is -2.38. The van der Waals surface area contributed by atoms with Crippen LogP contribution in [0.4, 0.5) is 4.79 Å². The number of nitrogens with zero attached hydrogens (tertiary/aromatic N) is 4. The minimum atomic E-state index is -0.920. The van der Waals surface area contributed by atoms with Crippen LogP contribution in [-0.2, 0) is 13.0 Å². The molecular weight excluding hydrogens is 380 g/mol. The summed E-state index contributed by atoms with van der Waals surface area (Å²) in [4.78, 5) is 36.0. The number of hydrogen-bond acceptors (Lipinski definition) is 4. The van der Waals surface area contributed by atoms with Crippen LogP contribution in [0.2, 0.25) is 5.02 Å². The van der Waals surface area contributed by atoms with Gasteiger partial charge in [-0.25, -0.2) is 14.8 Å². The third-order valence-electron chi connectivity index (χ3n) is 5.51. The van der Waals surface area contributed by atoms with Crippen molar-refractivity contribution in [2.24, 2.45) is 0 Å². The van der Waals surface area contributed by atoms with E-state index in [0.717, 1.165) is 35.2 Å². The van der Waals surface area contributed by atoms with E-state index in [1.165, 1.54) is 11.2 Å². The fraction of sp³-hybridized carbons (Fsp3) is 0.400. The van der Waals surface area contributed by atoms with Gasteiger partial charge in [0.05, 0.1) is 6.04 Å². The van der Waals surface area contributed by atoms with Gasteiger partial charge >= 0.3 is 6.09 Å². The van der Waals surface area contributed by atoms with Gasteiger partial charge in [0.25, 0.3) is 5.91 Å². The summed E-state index contributed by atoms with van der Waals surface area (Å²) in [5.74, 6) is -0.140. The van der Waals surface area contributed by atoms with Crippen LogP contribution in [0.25, 0.3) is 0 Å². The molecule has 0 saturated carbocycles. The van der Waals surface area contributed by atoms with Crippen LogP contribution in [0.3, 0.4) is 0 Å². The Morgan fingerprint density at radius 3 is 2.79 bits per heavy atom. The zero-order chi connectivity index (χ0) is 19.8. The highest BCUT2D eigenvalue weighted by molar-refractivity contribution is 6.30. The Morgan fingerprint density at radius 2 is 2.04 bits per heavy atom. The standard InChI is InChI=1S/C20H21ClN4O3/c1-12-7-17(23-11-22-12)19(26)24-6-4-13-8-14(21)9-15(16(13)10-24)18-3-2-5-25(18)20(27)28/h7-9,11,18H,2-6,10H2,1H3,(H,27,28)/t18-/m0/s1. The molecule has 0 unspecified atom stereocenters. The van der Waals surface area contributed by atoms with Crippen LogP contribution in [0.1, 0.15) is 51.8 Å². The summed E-state index contributed by atoms with van der Waals surface area (Å²) in [5, 5.41) is 10.2. The van der Waals surface area contributed by atoms with E-state index < -0.39 is 6.09 Å². The minimum absolute atomic E-state index is 0.140. The Bertz CT molecular complexity index is 949. The molecule has 3 heterocycles. The van der Waals surface area contributed by atoms with E-state index >= 15 is 0 Å². The van der Waals surface area contributed by atoms with Crippen LogP contribution < -0.4 is 0 Å². The molecule has 2 aliphatic rings. The molecule has 2 amide bonds. The third kappa shape index (κ3) is 3.42.